The zero-order valence-corrected chi connectivity index (χ0v) is 10.7. The van der Waals surface area contributed by atoms with Crippen molar-refractivity contribution < 1.29 is 9.84 Å². The van der Waals surface area contributed by atoms with Gasteiger partial charge in [0.25, 0.3) is 0 Å². The highest BCUT2D eigenvalue weighted by molar-refractivity contribution is 5.08. The number of rotatable bonds is 3. The molecule has 4 nitrogen and oxygen atoms in total. The molecule has 0 aromatic carbocycles. The van der Waals surface area contributed by atoms with Crippen molar-refractivity contribution in [2.24, 2.45) is 7.05 Å². The third kappa shape index (κ3) is 2.53. The molecule has 0 bridgehead atoms. The quantitative estimate of drug-likeness (QED) is 0.821. The molecule has 1 saturated carbocycles. The number of methoxy groups -OCH3 is 1. The van der Waals surface area contributed by atoms with Gasteiger partial charge >= 0.3 is 0 Å². The summed E-state index contributed by atoms with van der Waals surface area (Å²) in [4.78, 5) is 4.25. The van der Waals surface area contributed by atoms with Gasteiger partial charge in [-0.3, -0.25) is 0 Å². The normalized spacial score (nSPS) is 22.1. The zero-order chi connectivity index (χ0) is 12.3. The molecule has 4 heteroatoms. The van der Waals surface area contributed by atoms with Crippen LogP contribution in [-0.4, -0.2) is 27.4 Å². The Kier molecular flexibility index (Phi) is 3.84. The van der Waals surface area contributed by atoms with Gasteiger partial charge in [-0.15, -0.1) is 0 Å². The van der Waals surface area contributed by atoms with Crippen LogP contribution in [0.25, 0.3) is 0 Å². The number of hydrogen-bond donors (Lipinski definition) is 1. The molecule has 0 saturated heterocycles. The van der Waals surface area contributed by atoms with Crippen LogP contribution in [0.4, 0.5) is 0 Å². The molecular weight excluding hydrogens is 216 g/mol. The number of imidazole rings is 1. The Morgan fingerprint density at radius 2 is 2.00 bits per heavy atom. The van der Waals surface area contributed by atoms with Crippen LogP contribution in [-0.2, 0) is 11.8 Å². The van der Waals surface area contributed by atoms with E-state index >= 15 is 0 Å². The van der Waals surface area contributed by atoms with Crippen LogP contribution >= 0.6 is 0 Å². The molecule has 1 fully saturated rings. The van der Waals surface area contributed by atoms with Gasteiger partial charge in [-0.1, -0.05) is 25.7 Å². The lowest BCUT2D eigenvalue weighted by molar-refractivity contribution is -0.115. The second-order valence-electron chi connectivity index (χ2n) is 5.05. The van der Waals surface area contributed by atoms with Crippen LogP contribution in [0.3, 0.4) is 0 Å². The Labute approximate surface area is 103 Å². The molecule has 1 aliphatic rings. The maximum Gasteiger partial charge on any atom is 0.126 e. The number of aromatic nitrogens is 2. The lowest BCUT2D eigenvalue weighted by Gasteiger charge is -2.35. The SMILES string of the molecule is COC1(C(O)c2cn(C)cn2)CCCCCC1. The second kappa shape index (κ2) is 5.19. The Bertz CT molecular complexity index is 354. The first-order valence-electron chi connectivity index (χ1n) is 6.39. The van der Waals surface area contributed by atoms with E-state index in [0.29, 0.717) is 0 Å². The van der Waals surface area contributed by atoms with Gasteiger partial charge in [0, 0.05) is 20.4 Å². The summed E-state index contributed by atoms with van der Waals surface area (Å²) < 4.78 is 7.54. The smallest absolute Gasteiger partial charge is 0.126 e. The topological polar surface area (TPSA) is 47.3 Å². The summed E-state index contributed by atoms with van der Waals surface area (Å²) in [6.07, 6.45) is 9.53. The van der Waals surface area contributed by atoms with E-state index < -0.39 is 11.7 Å². The molecule has 0 aliphatic heterocycles. The number of aliphatic hydroxyl groups excluding tert-OH is 1. The second-order valence-corrected chi connectivity index (χ2v) is 5.05. The number of ether oxygens (including phenoxy) is 1. The van der Waals surface area contributed by atoms with Gasteiger partial charge in [-0.2, -0.15) is 0 Å². The van der Waals surface area contributed by atoms with E-state index in [9.17, 15) is 5.11 Å². The summed E-state index contributed by atoms with van der Waals surface area (Å²) in [6.45, 7) is 0. The van der Waals surface area contributed by atoms with E-state index in [1.807, 2.05) is 17.8 Å². The van der Waals surface area contributed by atoms with Crippen LogP contribution in [0.15, 0.2) is 12.5 Å². The van der Waals surface area contributed by atoms with Crippen molar-refractivity contribution in [3.63, 3.8) is 0 Å². The fourth-order valence-electron chi connectivity index (χ4n) is 2.76. The maximum absolute atomic E-state index is 10.5. The highest BCUT2D eigenvalue weighted by atomic mass is 16.5. The molecule has 1 unspecified atom stereocenters. The van der Waals surface area contributed by atoms with E-state index in [1.165, 1.54) is 12.8 Å². The molecule has 96 valence electrons. The van der Waals surface area contributed by atoms with Crippen molar-refractivity contribution in [3.8, 4) is 0 Å². The number of aryl methyl sites for hydroxylation is 1. The van der Waals surface area contributed by atoms with Gasteiger partial charge in [0.1, 0.15) is 6.10 Å². The fourth-order valence-corrected chi connectivity index (χ4v) is 2.76. The summed E-state index contributed by atoms with van der Waals surface area (Å²) in [5.74, 6) is 0. The molecule has 0 amide bonds. The van der Waals surface area contributed by atoms with Gasteiger partial charge in [-0.05, 0) is 12.8 Å². The van der Waals surface area contributed by atoms with Crippen LogP contribution in [0.2, 0.25) is 0 Å². The number of hydrogen-bond acceptors (Lipinski definition) is 3. The van der Waals surface area contributed by atoms with E-state index in [2.05, 4.69) is 4.98 Å². The van der Waals surface area contributed by atoms with Gasteiger partial charge in [0.05, 0.1) is 17.6 Å². The highest BCUT2D eigenvalue weighted by Gasteiger charge is 2.40. The summed E-state index contributed by atoms with van der Waals surface area (Å²) in [6, 6.07) is 0. The summed E-state index contributed by atoms with van der Waals surface area (Å²) in [5, 5.41) is 10.5. The average molecular weight is 238 g/mol. The molecule has 1 N–H and O–H groups in total. The van der Waals surface area contributed by atoms with Crippen molar-refractivity contribution in [1.82, 2.24) is 9.55 Å². The van der Waals surface area contributed by atoms with Gasteiger partial charge < -0.3 is 14.4 Å². The van der Waals surface area contributed by atoms with Gasteiger partial charge in [0.15, 0.2) is 0 Å². The first-order valence-corrected chi connectivity index (χ1v) is 6.39. The maximum atomic E-state index is 10.5. The lowest BCUT2D eigenvalue weighted by Crippen LogP contribution is -2.38. The Hall–Kier alpha value is -0.870. The molecule has 1 aromatic rings. The average Bonchev–Trinajstić information content (AvgIpc) is 2.64. The molecular formula is C13H22N2O2. The van der Waals surface area contributed by atoms with Crippen LogP contribution < -0.4 is 0 Å². The summed E-state index contributed by atoms with van der Waals surface area (Å²) in [7, 11) is 3.62. The summed E-state index contributed by atoms with van der Waals surface area (Å²) >= 11 is 0. The zero-order valence-electron chi connectivity index (χ0n) is 10.7. The van der Waals surface area contributed by atoms with E-state index in [4.69, 9.17) is 4.74 Å². The predicted molar refractivity (Wildman–Crippen MR) is 65.6 cm³/mol. The molecule has 1 aliphatic carbocycles. The molecule has 2 rings (SSSR count). The van der Waals surface area contributed by atoms with E-state index in [-0.39, 0.29) is 0 Å². The molecule has 0 spiro atoms. The third-order valence-electron chi connectivity index (χ3n) is 3.86. The molecule has 17 heavy (non-hydrogen) atoms. The highest BCUT2D eigenvalue weighted by Crippen LogP contribution is 2.39. The summed E-state index contributed by atoms with van der Waals surface area (Å²) in [5.41, 5.74) is 0.279. The molecule has 0 radical (unpaired) electrons. The minimum atomic E-state index is -0.619. The first kappa shape index (κ1) is 12.6. The van der Waals surface area contributed by atoms with E-state index in [0.717, 1.165) is 31.4 Å². The fraction of sp³-hybridized carbons (Fsp3) is 0.769. The Morgan fingerprint density at radius 3 is 2.47 bits per heavy atom. The Morgan fingerprint density at radius 1 is 1.35 bits per heavy atom. The van der Waals surface area contributed by atoms with Crippen LogP contribution in [0, 0.1) is 0 Å². The molecule has 1 atom stereocenters. The molecule has 1 aromatic heterocycles. The standard InChI is InChI=1S/C13H22N2O2/c1-15-9-11(14-10-15)12(16)13(17-2)7-5-3-4-6-8-13/h9-10,12,16H,3-8H2,1-2H3. The van der Waals surface area contributed by atoms with Crippen molar-refractivity contribution >= 4 is 0 Å². The Balaban J connectivity index is 2.21. The first-order chi connectivity index (χ1) is 8.18. The van der Waals surface area contributed by atoms with Crippen molar-refractivity contribution in [2.75, 3.05) is 7.11 Å². The largest absolute Gasteiger partial charge is 0.384 e. The number of nitrogens with zero attached hydrogens (tertiary/aromatic N) is 2. The minimum Gasteiger partial charge on any atom is -0.384 e. The van der Waals surface area contributed by atoms with Crippen molar-refractivity contribution in [3.05, 3.63) is 18.2 Å². The lowest BCUT2D eigenvalue weighted by atomic mass is 9.86. The molecule has 1 heterocycles. The minimum absolute atomic E-state index is 0.440. The van der Waals surface area contributed by atoms with Crippen LogP contribution in [0.5, 0.6) is 0 Å². The predicted octanol–water partition coefficient (Wildman–Crippen LogP) is 2.19. The van der Waals surface area contributed by atoms with Crippen LogP contribution in [0.1, 0.15) is 50.3 Å². The van der Waals surface area contributed by atoms with Crippen molar-refractivity contribution in [1.29, 1.82) is 0 Å². The van der Waals surface area contributed by atoms with Gasteiger partial charge in [-0.25, -0.2) is 4.98 Å². The van der Waals surface area contributed by atoms with Crippen molar-refractivity contribution in [2.45, 2.75) is 50.2 Å². The third-order valence-corrected chi connectivity index (χ3v) is 3.86. The number of aliphatic hydroxyl groups is 1. The van der Waals surface area contributed by atoms with Gasteiger partial charge in [0.2, 0.25) is 0 Å². The monoisotopic (exact) mass is 238 g/mol. The van der Waals surface area contributed by atoms with E-state index in [1.54, 1.807) is 13.4 Å².